The lowest BCUT2D eigenvalue weighted by Crippen LogP contribution is -2.43. The highest BCUT2D eigenvalue weighted by Gasteiger charge is 2.20. The molecule has 2 amide bonds. The van der Waals surface area contributed by atoms with Crippen molar-refractivity contribution in [1.82, 2.24) is 10.9 Å². The molecule has 0 aliphatic carbocycles. The number of amides is 2. The Morgan fingerprint density at radius 3 is 2.06 bits per heavy atom. The van der Waals surface area contributed by atoms with Crippen LogP contribution in [0.5, 0.6) is 5.75 Å². The van der Waals surface area contributed by atoms with Crippen LogP contribution in [0.2, 0.25) is 0 Å². The van der Waals surface area contributed by atoms with Crippen molar-refractivity contribution in [2.75, 3.05) is 6.61 Å². The van der Waals surface area contributed by atoms with Crippen molar-refractivity contribution in [2.24, 2.45) is 0 Å². The van der Waals surface area contributed by atoms with E-state index in [1.807, 2.05) is 17.6 Å². The first-order valence-corrected chi connectivity index (χ1v) is 9.63. The molecule has 0 spiro atoms. The number of rotatable bonds is 6. The van der Waals surface area contributed by atoms with Gasteiger partial charge in [-0.05, 0) is 39.0 Å². The summed E-state index contributed by atoms with van der Waals surface area (Å²) in [4.78, 5) is 44.2. The number of benzene rings is 2. The molecule has 2 aromatic carbocycles. The van der Waals surface area contributed by atoms with Gasteiger partial charge in [0.25, 0.3) is 23.2 Å². The van der Waals surface area contributed by atoms with Gasteiger partial charge in [0.2, 0.25) is 0 Å². The summed E-state index contributed by atoms with van der Waals surface area (Å²) >= 11 is 3.38. The molecule has 0 fully saturated rings. The molecule has 0 atom stereocenters. The number of hydrogen-bond donors (Lipinski definition) is 2. The molecule has 2 rings (SSSR count). The van der Waals surface area contributed by atoms with E-state index in [2.05, 4.69) is 42.1 Å². The van der Waals surface area contributed by atoms with Crippen molar-refractivity contribution in [3.63, 3.8) is 0 Å². The maximum Gasteiger partial charge on any atom is 0.277 e. The van der Waals surface area contributed by atoms with Gasteiger partial charge in [-0.3, -0.25) is 40.7 Å². The largest absolute Gasteiger partial charge is 0.483 e. The number of nitrogens with one attached hydrogen (secondary N) is 2. The number of nitrogens with zero attached hydrogens (tertiary/aromatic N) is 2. The minimum atomic E-state index is -0.962. The first kappa shape index (κ1) is 23.7. The first-order valence-electron chi connectivity index (χ1n) is 8.84. The van der Waals surface area contributed by atoms with E-state index in [1.165, 1.54) is 0 Å². The zero-order chi connectivity index (χ0) is 23.3. The molecule has 0 unspecified atom stereocenters. The number of hydrogen-bond acceptors (Lipinski definition) is 7. The molecule has 164 valence electrons. The minimum absolute atomic E-state index is 0.0652. The van der Waals surface area contributed by atoms with Gasteiger partial charge in [0.05, 0.1) is 25.9 Å². The molecule has 0 radical (unpaired) electrons. The third-order valence-electron chi connectivity index (χ3n) is 4.06. The van der Waals surface area contributed by atoms with E-state index in [0.717, 1.165) is 23.8 Å². The standard InChI is InChI=1S/C19H19BrN4O7/c1-19(2,3)12-4-5-16(15(20)8-12)31-10-17(25)21-22-18(26)11-6-13(23(27)28)9-14(7-11)24(29)30/h4-9H,10H2,1-3H3,(H,21,25)(H,22,26). The number of carbonyl (C=O) groups is 2. The second-order valence-electron chi connectivity index (χ2n) is 7.44. The summed E-state index contributed by atoms with van der Waals surface area (Å²) in [7, 11) is 0. The molecule has 0 heterocycles. The number of halogens is 1. The number of hydrazine groups is 1. The highest BCUT2D eigenvalue weighted by molar-refractivity contribution is 9.10. The zero-order valence-electron chi connectivity index (χ0n) is 16.8. The van der Waals surface area contributed by atoms with Gasteiger partial charge in [0.1, 0.15) is 5.75 Å². The first-order chi connectivity index (χ1) is 14.4. The monoisotopic (exact) mass is 494 g/mol. The maximum atomic E-state index is 12.1. The Morgan fingerprint density at radius 2 is 1.58 bits per heavy atom. The fourth-order valence-corrected chi connectivity index (χ4v) is 2.89. The van der Waals surface area contributed by atoms with Crippen LogP contribution in [0.15, 0.2) is 40.9 Å². The zero-order valence-corrected chi connectivity index (χ0v) is 18.4. The van der Waals surface area contributed by atoms with Crippen LogP contribution >= 0.6 is 15.9 Å². The molecule has 0 aromatic heterocycles. The fourth-order valence-electron chi connectivity index (χ4n) is 2.40. The van der Waals surface area contributed by atoms with E-state index in [1.54, 1.807) is 6.07 Å². The summed E-state index contributed by atoms with van der Waals surface area (Å²) < 4.78 is 6.07. The van der Waals surface area contributed by atoms with Crippen LogP contribution in [0, 0.1) is 20.2 Å². The average Bonchev–Trinajstić information content (AvgIpc) is 2.69. The Bertz CT molecular complexity index is 1020. The van der Waals surface area contributed by atoms with Crippen molar-refractivity contribution >= 4 is 39.1 Å². The molecule has 0 saturated carbocycles. The van der Waals surface area contributed by atoms with Gasteiger partial charge < -0.3 is 4.74 Å². The molecule has 0 aliphatic heterocycles. The SMILES string of the molecule is CC(C)(C)c1ccc(OCC(=O)NNC(=O)c2cc([N+](=O)[O-])cc([N+](=O)[O-])c2)c(Br)c1. The summed E-state index contributed by atoms with van der Waals surface area (Å²) in [5.74, 6) is -1.25. The van der Waals surface area contributed by atoms with Gasteiger partial charge in [0, 0.05) is 12.1 Å². The predicted octanol–water partition coefficient (Wildman–Crippen LogP) is 3.40. The summed E-state index contributed by atoms with van der Waals surface area (Å²) in [5.41, 5.74) is 3.51. The van der Waals surface area contributed by atoms with Crippen LogP contribution in [0.1, 0.15) is 36.7 Å². The quantitative estimate of drug-likeness (QED) is 0.460. The van der Waals surface area contributed by atoms with Crippen molar-refractivity contribution in [2.45, 2.75) is 26.2 Å². The van der Waals surface area contributed by atoms with Gasteiger partial charge in [0.15, 0.2) is 6.61 Å². The maximum absolute atomic E-state index is 12.1. The molecule has 0 bridgehead atoms. The number of carbonyl (C=O) groups excluding carboxylic acids is 2. The number of ether oxygens (including phenoxy) is 1. The molecule has 12 heteroatoms. The van der Waals surface area contributed by atoms with Gasteiger partial charge in [-0.1, -0.05) is 26.8 Å². The predicted molar refractivity (Wildman–Crippen MR) is 114 cm³/mol. The second-order valence-corrected chi connectivity index (χ2v) is 8.29. The summed E-state index contributed by atoms with van der Waals surface area (Å²) in [6.07, 6.45) is 0. The number of non-ortho nitro benzene ring substituents is 2. The topological polar surface area (TPSA) is 154 Å². The van der Waals surface area contributed by atoms with Gasteiger partial charge in [-0.2, -0.15) is 0 Å². The van der Waals surface area contributed by atoms with Crippen LogP contribution < -0.4 is 15.6 Å². The lowest BCUT2D eigenvalue weighted by atomic mass is 9.87. The average molecular weight is 495 g/mol. The lowest BCUT2D eigenvalue weighted by Gasteiger charge is -2.20. The van der Waals surface area contributed by atoms with E-state index >= 15 is 0 Å². The van der Waals surface area contributed by atoms with Crippen LogP contribution in [0.3, 0.4) is 0 Å². The normalized spacial score (nSPS) is 10.8. The summed E-state index contributed by atoms with van der Waals surface area (Å²) in [5, 5.41) is 21.8. The van der Waals surface area contributed by atoms with E-state index < -0.39 is 39.6 Å². The van der Waals surface area contributed by atoms with E-state index in [9.17, 15) is 29.8 Å². The molecule has 0 saturated heterocycles. The van der Waals surface area contributed by atoms with E-state index in [0.29, 0.717) is 10.2 Å². The van der Waals surface area contributed by atoms with E-state index in [4.69, 9.17) is 4.74 Å². The van der Waals surface area contributed by atoms with Crippen LogP contribution in [0.4, 0.5) is 11.4 Å². The van der Waals surface area contributed by atoms with Crippen molar-refractivity contribution in [3.05, 3.63) is 72.2 Å². The highest BCUT2D eigenvalue weighted by atomic mass is 79.9. The molecule has 0 aliphatic rings. The Kier molecular flexibility index (Phi) is 7.28. The Morgan fingerprint density at radius 1 is 1.00 bits per heavy atom. The van der Waals surface area contributed by atoms with E-state index in [-0.39, 0.29) is 11.0 Å². The third kappa shape index (κ3) is 6.47. The summed E-state index contributed by atoms with van der Waals surface area (Å²) in [6.45, 7) is 5.74. The fraction of sp³-hybridized carbons (Fsp3) is 0.263. The Hall–Kier alpha value is -3.54. The number of nitro benzene ring substituents is 2. The minimum Gasteiger partial charge on any atom is -0.483 e. The van der Waals surface area contributed by atoms with Crippen LogP contribution in [0.25, 0.3) is 0 Å². The lowest BCUT2D eigenvalue weighted by molar-refractivity contribution is -0.394. The van der Waals surface area contributed by atoms with Crippen molar-refractivity contribution in [3.8, 4) is 5.75 Å². The molecule has 11 nitrogen and oxygen atoms in total. The van der Waals surface area contributed by atoms with Crippen molar-refractivity contribution in [1.29, 1.82) is 0 Å². The highest BCUT2D eigenvalue weighted by Crippen LogP contribution is 2.31. The number of nitro groups is 2. The molecule has 2 N–H and O–H groups in total. The van der Waals surface area contributed by atoms with Crippen LogP contribution in [-0.4, -0.2) is 28.3 Å². The Labute approximate surface area is 185 Å². The van der Waals surface area contributed by atoms with Gasteiger partial charge in [-0.25, -0.2) is 0 Å². The smallest absolute Gasteiger partial charge is 0.277 e. The van der Waals surface area contributed by atoms with Gasteiger partial charge in [-0.15, -0.1) is 0 Å². The molecular formula is C19H19BrN4O7. The molecular weight excluding hydrogens is 476 g/mol. The van der Waals surface area contributed by atoms with Crippen LogP contribution in [-0.2, 0) is 10.2 Å². The third-order valence-corrected chi connectivity index (χ3v) is 4.68. The second kappa shape index (κ2) is 9.51. The summed E-state index contributed by atoms with van der Waals surface area (Å²) in [6, 6.07) is 7.90. The molecule has 31 heavy (non-hydrogen) atoms. The van der Waals surface area contributed by atoms with Crippen molar-refractivity contribution < 1.29 is 24.2 Å². The van der Waals surface area contributed by atoms with Gasteiger partial charge >= 0.3 is 0 Å². The Balaban J connectivity index is 1.98. The molecule has 2 aromatic rings.